The van der Waals surface area contributed by atoms with Crippen molar-refractivity contribution in [1.29, 1.82) is 0 Å². The number of nitrogens with zero attached hydrogens (tertiary/aromatic N) is 1. The van der Waals surface area contributed by atoms with Gasteiger partial charge in [-0.3, -0.25) is 14.6 Å². The molecule has 1 fully saturated rings. The van der Waals surface area contributed by atoms with Gasteiger partial charge in [0.1, 0.15) is 5.92 Å². The lowest BCUT2D eigenvalue weighted by Gasteiger charge is -2.20. The Balaban J connectivity index is 1.68. The Bertz CT molecular complexity index is 558. The lowest BCUT2D eigenvalue weighted by molar-refractivity contribution is -0.146. The van der Waals surface area contributed by atoms with Gasteiger partial charge in [0.05, 0.1) is 30.4 Å². The van der Waals surface area contributed by atoms with Crippen LogP contribution in [-0.4, -0.2) is 34.2 Å². The summed E-state index contributed by atoms with van der Waals surface area (Å²) in [6.45, 7) is 0.281. The highest BCUT2D eigenvalue weighted by atomic mass is 16.5. The molecule has 1 amide bonds. The molecule has 2 aliphatic heterocycles. The van der Waals surface area contributed by atoms with Gasteiger partial charge >= 0.3 is 5.97 Å². The standard InChI is InChI=1S/C14H14N2O4/c17-13(16-7-8-3-1-2-6-15-8)11-9-4-5-10(20-9)12(11)14(18)19/h1-6,9-12H,7H2,(H,16,17)(H,18,19)/t9-,10-,11-,12-/m0/s1. The van der Waals surface area contributed by atoms with Crippen LogP contribution >= 0.6 is 0 Å². The third-order valence-electron chi connectivity index (χ3n) is 3.66. The van der Waals surface area contributed by atoms with Crippen LogP contribution < -0.4 is 5.32 Å². The molecular weight excluding hydrogens is 260 g/mol. The number of carbonyl (C=O) groups is 2. The molecule has 20 heavy (non-hydrogen) atoms. The van der Waals surface area contributed by atoms with E-state index in [9.17, 15) is 14.7 Å². The Kier molecular flexibility index (Phi) is 3.23. The number of amides is 1. The topological polar surface area (TPSA) is 88.5 Å². The van der Waals surface area contributed by atoms with Gasteiger partial charge in [0, 0.05) is 6.20 Å². The van der Waals surface area contributed by atoms with Crippen LogP contribution in [0.25, 0.3) is 0 Å². The zero-order chi connectivity index (χ0) is 14.1. The fourth-order valence-corrected chi connectivity index (χ4v) is 2.71. The molecule has 1 aromatic heterocycles. The summed E-state index contributed by atoms with van der Waals surface area (Å²) in [6, 6.07) is 5.42. The summed E-state index contributed by atoms with van der Waals surface area (Å²) in [4.78, 5) is 27.6. The van der Waals surface area contributed by atoms with Crippen molar-refractivity contribution in [2.24, 2.45) is 11.8 Å². The highest BCUT2D eigenvalue weighted by molar-refractivity contribution is 5.87. The number of carboxylic acids is 1. The number of carbonyl (C=O) groups excluding carboxylic acids is 1. The Hall–Kier alpha value is -2.21. The fraction of sp³-hybridized carbons (Fsp3) is 0.357. The van der Waals surface area contributed by atoms with E-state index >= 15 is 0 Å². The first-order valence-electron chi connectivity index (χ1n) is 6.41. The lowest BCUT2D eigenvalue weighted by atomic mass is 9.82. The monoisotopic (exact) mass is 274 g/mol. The third-order valence-corrected chi connectivity index (χ3v) is 3.66. The molecule has 3 heterocycles. The van der Waals surface area contributed by atoms with Crippen molar-refractivity contribution in [1.82, 2.24) is 10.3 Å². The lowest BCUT2D eigenvalue weighted by Crippen LogP contribution is -2.42. The minimum absolute atomic E-state index is 0.281. The minimum atomic E-state index is -1.00. The summed E-state index contributed by atoms with van der Waals surface area (Å²) in [7, 11) is 0. The van der Waals surface area contributed by atoms with Crippen molar-refractivity contribution in [2.45, 2.75) is 18.8 Å². The largest absolute Gasteiger partial charge is 0.481 e. The molecule has 104 valence electrons. The summed E-state index contributed by atoms with van der Waals surface area (Å²) >= 11 is 0. The normalized spacial score (nSPS) is 30.4. The number of rotatable bonds is 4. The van der Waals surface area contributed by atoms with E-state index in [-0.39, 0.29) is 12.5 Å². The van der Waals surface area contributed by atoms with Gasteiger partial charge < -0.3 is 15.2 Å². The summed E-state index contributed by atoms with van der Waals surface area (Å²) in [6.07, 6.45) is 4.18. The number of carboxylic acid groups (broad SMARTS) is 1. The number of pyridine rings is 1. The molecule has 1 saturated heterocycles. The summed E-state index contributed by atoms with van der Waals surface area (Å²) in [5.74, 6) is -2.79. The molecule has 0 saturated carbocycles. The maximum Gasteiger partial charge on any atom is 0.310 e. The zero-order valence-electron chi connectivity index (χ0n) is 10.6. The van der Waals surface area contributed by atoms with Gasteiger partial charge in [0.25, 0.3) is 0 Å². The van der Waals surface area contributed by atoms with E-state index in [2.05, 4.69) is 10.3 Å². The second kappa shape index (κ2) is 5.05. The molecule has 2 bridgehead atoms. The van der Waals surface area contributed by atoms with E-state index < -0.39 is 30.0 Å². The maximum atomic E-state index is 12.2. The van der Waals surface area contributed by atoms with Gasteiger partial charge in [-0.05, 0) is 12.1 Å². The van der Waals surface area contributed by atoms with Crippen molar-refractivity contribution >= 4 is 11.9 Å². The van der Waals surface area contributed by atoms with Crippen molar-refractivity contribution < 1.29 is 19.4 Å². The van der Waals surface area contributed by atoms with Gasteiger partial charge in [-0.25, -0.2) is 0 Å². The van der Waals surface area contributed by atoms with Crippen LogP contribution in [0.2, 0.25) is 0 Å². The second-order valence-electron chi connectivity index (χ2n) is 4.88. The molecule has 0 unspecified atom stereocenters. The van der Waals surface area contributed by atoms with Gasteiger partial charge in [-0.2, -0.15) is 0 Å². The van der Waals surface area contributed by atoms with E-state index in [0.717, 1.165) is 5.69 Å². The predicted molar refractivity (Wildman–Crippen MR) is 68.5 cm³/mol. The molecule has 6 heteroatoms. The minimum Gasteiger partial charge on any atom is -0.481 e. The summed E-state index contributed by atoms with van der Waals surface area (Å²) < 4.78 is 5.46. The molecule has 0 radical (unpaired) electrons. The Labute approximate surface area is 115 Å². The maximum absolute atomic E-state index is 12.2. The van der Waals surface area contributed by atoms with Crippen LogP contribution in [0.4, 0.5) is 0 Å². The van der Waals surface area contributed by atoms with Crippen LogP contribution in [0.5, 0.6) is 0 Å². The first-order chi connectivity index (χ1) is 9.66. The number of aliphatic carboxylic acids is 1. The SMILES string of the molecule is O=C(O)[C@@H]1[C@@H](C(=O)NCc2ccccn2)[C@@H]2C=C[C@@H]1O2. The first kappa shape index (κ1) is 12.8. The Morgan fingerprint density at radius 3 is 2.65 bits per heavy atom. The average Bonchev–Trinajstić information content (AvgIpc) is 3.06. The number of nitrogens with one attached hydrogen (secondary N) is 1. The van der Waals surface area contributed by atoms with Gasteiger partial charge in [0.2, 0.25) is 5.91 Å². The highest BCUT2D eigenvalue weighted by Gasteiger charge is 2.53. The van der Waals surface area contributed by atoms with Crippen LogP contribution in [0.3, 0.4) is 0 Å². The fourth-order valence-electron chi connectivity index (χ4n) is 2.71. The molecule has 0 aliphatic carbocycles. The molecule has 0 spiro atoms. The van der Waals surface area contributed by atoms with Gasteiger partial charge in [0.15, 0.2) is 0 Å². The van der Waals surface area contributed by atoms with E-state index in [4.69, 9.17) is 4.74 Å². The average molecular weight is 274 g/mol. The van der Waals surface area contributed by atoms with Crippen molar-refractivity contribution in [3.63, 3.8) is 0 Å². The third kappa shape index (κ3) is 2.18. The molecule has 3 rings (SSSR count). The second-order valence-corrected chi connectivity index (χ2v) is 4.88. The van der Waals surface area contributed by atoms with Crippen molar-refractivity contribution in [3.05, 3.63) is 42.2 Å². The predicted octanol–water partition coefficient (Wildman–Crippen LogP) is 0.352. The van der Waals surface area contributed by atoms with Crippen molar-refractivity contribution in [3.8, 4) is 0 Å². The number of hydrogen-bond donors (Lipinski definition) is 2. The van der Waals surface area contributed by atoms with Crippen LogP contribution in [0, 0.1) is 11.8 Å². The van der Waals surface area contributed by atoms with Crippen LogP contribution in [-0.2, 0) is 20.9 Å². The van der Waals surface area contributed by atoms with Crippen molar-refractivity contribution in [2.75, 3.05) is 0 Å². The van der Waals surface area contributed by atoms with E-state index in [1.54, 1.807) is 30.5 Å². The molecule has 0 aromatic carbocycles. The molecule has 2 aliphatic rings. The Morgan fingerprint density at radius 2 is 2.00 bits per heavy atom. The number of hydrogen-bond acceptors (Lipinski definition) is 4. The summed E-state index contributed by atoms with van der Waals surface area (Å²) in [5, 5.41) is 12.0. The summed E-state index contributed by atoms with van der Waals surface area (Å²) in [5.41, 5.74) is 0.729. The molecular formula is C14H14N2O4. The van der Waals surface area contributed by atoms with E-state index in [1.807, 2.05) is 6.07 Å². The zero-order valence-corrected chi connectivity index (χ0v) is 10.6. The Morgan fingerprint density at radius 1 is 1.25 bits per heavy atom. The van der Waals surface area contributed by atoms with Crippen LogP contribution in [0.15, 0.2) is 36.5 Å². The molecule has 6 nitrogen and oxygen atoms in total. The van der Waals surface area contributed by atoms with E-state index in [0.29, 0.717) is 0 Å². The van der Waals surface area contributed by atoms with Gasteiger partial charge in [-0.15, -0.1) is 0 Å². The highest BCUT2D eigenvalue weighted by Crippen LogP contribution is 2.39. The molecule has 1 aromatic rings. The quantitative estimate of drug-likeness (QED) is 0.773. The van der Waals surface area contributed by atoms with E-state index in [1.165, 1.54) is 0 Å². The number of ether oxygens (including phenoxy) is 1. The number of aromatic nitrogens is 1. The smallest absolute Gasteiger partial charge is 0.310 e. The van der Waals surface area contributed by atoms with Crippen LogP contribution in [0.1, 0.15) is 5.69 Å². The van der Waals surface area contributed by atoms with Gasteiger partial charge in [-0.1, -0.05) is 18.2 Å². The number of fused-ring (bicyclic) bond motifs is 2. The first-order valence-corrected chi connectivity index (χ1v) is 6.41. The molecule has 2 N–H and O–H groups in total. The molecule has 4 atom stereocenters.